The van der Waals surface area contributed by atoms with Crippen LogP contribution in [0, 0.1) is 6.92 Å². The first-order valence-corrected chi connectivity index (χ1v) is 10.0. The Morgan fingerprint density at radius 3 is 2.68 bits per heavy atom. The van der Waals surface area contributed by atoms with Crippen molar-refractivity contribution in [1.29, 1.82) is 0 Å². The fourth-order valence-electron chi connectivity index (χ4n) is 4.21. The maximum Gasteiger partial charge on any atom is 0.122 e. The molecule has 1 aromatic rings. The summed E-state index contributed by atoms with van der Waals surface area (Å²) in [6, 6.07) is 7.15. The van der Waals surface area contributed by atoms with Crippen LogP contribution in [-0.4, -0.2) is 37.9 Å². The van der Waals surface area contributed by atoms with E-state index in [-0.39, 0.29) is 6.04 Å². The molecule has 0 radical (unpaired) electrons. The van der Waals surface area contributed by atoms with Gasteiger partial charge in [-0.1, -0.05) is 17.7 Å². The topological polar surface area (TPSA) is 56.5 Å². The van der Waals surface area contributed by atoms with Crippen molar-refractivity contribution in [2.24, 2.45) is 5.73 Å². The van der Waals surface area contributed by atoms with Gasteiger partial charge in [-0.15, -0.1) is 0 Å². The number of aryl methyl sites for hydroxylation is 1. The molecule has 25 heavy (non-hydrogen) atoms. The van der Waals surface area contributed by atoms with E-state index < -0.39 is 0 Å². The number of benzene rings is 1. The molecule has 3 N–H and O–H groups in total. The van der Waals surface area contributed by atoms with Gasteiger partial charge in [0.05, 0.1) is 19.3 Å². The van der Waals surface area contributed by atoms with E-state index in [9.17, 15) is 0 Å². The zero-order chi connectivity index (χ0) is 17.6. The standard InChI is InChI=1S/C21H34N2O2/c1-3-24-21-11-6-15(2)13-18(21)16-7-9-17(10-8-16)25-14-20-19(22)5-4-12-23-20/h6,11,13,16-17,19-20,23H,3-5,7-10,12,14,22H2,1-2H3. The maximum absolute atomic E-state index is 6.20. The van der Waals surface area contributed by atoms with Crippen molar-refractivity contribution in [1.82, 2.24) is 5.32 Å². The number of hydrogen-bond acceptors (Lipinski definition) is 4. The fourth-order valence-corrected chi connectivity index (χ4v) is 4.21. The Bertz CT molecular complexity index is 541. The quantitative estimate of drug-likeness (QED) is 0.827. The van der Waals surface area contributed by atoms with Crippen molar-refractivity contribution >= 4 is 0 Å². The lowest BCUT2D eigenvalue weighted by Crippen LogP contribution is -2.52. The highest BCUT2D eigenvalue weighted by Gasteiger charge is 2.27. The molecule has 2 aliphatic rings. The molecule has 2 unspecified atom stereocenters. The summed E-state index contributed by atoms with van der Waals surface area (Å²) in [7, 11) is 0. The van der Waals surface area contributed by atoms with Crippen LogP contribution in [0.15, 0.2) is 18.2 Å². The van der Waals surface area contributed by atoms with Gasteiger partial charge < -0.3 is 20.5 Å². The molecule has 0 spiro atoms. The molecule has 4 nitrogen and oxygen atoms in total. The summed E-state index contributed by atoms with van der Waals surface area (Å²) in [6.45, 7) is 6.77. The molecular formula is C21H34N2O2. The van der Waals surface area contributed by atoms with E-state index in [1.165, 1.54) is 30.4 Å². The summed E-state index contributed by atoms with van der Waals surface area (Å²) in [5.41, 5.74) is 8.90. The highest BCUT2D eigenvalue weighted by Crippen LogP contribution is 2.39. The molecule has 0 amide bonds. The zero-order valence-corrected chi connectivity index (χ0v) is 15.8. The smallest absolute Gasteiger partial charge is 0.122 e. The Hall–Kier alpha value is -1.10. The van der Waals surface area contributed by atoms with Crippen LogP contribution in [0.1, 0.15) is 62.5 Å². The van der Waals surface area contributed by atoms with Crippen LogP contribution >= 0.6 is 0 Å². The Morgan fingerprint density at radius 1 is 1.16 bits per heavy atom. The van der Waals surface area contributed by atoms with E-state index >= 15 is 0 Å². The number of nitrogens with two attached hydrogens (primary N) is 1. The molecule has 2 fully saturated rings. The number of nitrogens with one attached hydrogen (secondary N) is 1. The largest absolute Gasteiger partial charge is 0.494 e. The summed E-state index contributed by atoms with van der Waals surface area (Å²) in [6.07, 6.45) is 7.30. The van der Waals surface area contributed by atoms with Crippen LogP contribution in [0.2, 0.25) is 0 Å². The molecule has 2 atom stereocenters. The van der Waals surface area contributed by atoms with E-state index in [1.54, 1.807) is 0 Å². The van der Waals surface area contributed by atoms with E-state index in [0.717, 1.165) is 44.8 Å². The van der Waals surface area contributed by atoms with Crippen molar-refractivity contribution in [3.63, 3.8) is 0 Å². The minimum atomic E-state index is 0.242. The van der Waals surface area contributed by atoms with E-state index in [2.05, 4.69) is 37.4 Å². The third-order valence-corrected chi connectivity index (χ3v) is 5.73. The monoisotopic (exact) mass is 346 g/mol. The molecule has 1 saturated heterocycles. The van der Waals surface area contributed by atoms with E-state index in [0.29, 0.717) is 18.1 Å². The molecule has 0 bridgehead atoms. The normalized spacial score (nSPS) is 30.2. The summed E-state index contributed by atoms with van der Waals surface area (Å²) in [5, 5.41) is 3.50. The van der Waals surface area contributed by atoms with Crippen LogP contribution in [0.3, 0.4) is 0 Å². The van der Waals surface area contributed by atoms with Gasteiger partial charge in [0.25, 0.3) is 0 Å². The van der Waals surface area contributed by atoms with Crippen molar-refractivity contribution in [3.8, 4) is 5.75 Å². The van der Waals surface area contributed by atoms with Gasteiger partial charge in [-0.25, -0.2) is 0 Å². The molecule has 1 heterocycles. The number of rotatable bonds is 6. The lowest BCUT2D eigenvalue weighted by molar-refractivity contribution is 0.00606. The average molecular weight is 347 g/mol. The van der Waals surface area contributed by atoms with Gasteiger partial charge in [-0.2, -0.15) is 0 Å². The number of ether oxygens (including phenoxy) is 2. The highest BCUT2D eigenvalue weighted by atomic mass is 16.5. The van der Waals surface area contributed by atoms with Crippen LogP contribution in [0.25, 0.3) is 0 Å². The van der Waals surface area contributed by atoms with Crippen LogP contribution in [0.5, 0.6) is 5.75 Å². The molecule has 1 aliphatic heterocycles. The van der Waals surface area contributed by atoms with E-state index in [4.69, 9.17) is 15.2 Å². The second kappa shape index (κ2) is 9.02. The maximum atomic E-state index is 6.20. The van der Waals surface area contributed by atoms with Crippen molar-refractivity contribution in [3.05, 3.63) is 29.3 Å². The number of piperidine rings is 1. The van der Waals surface area contributed by atoms with Gasteiger partial charge in [0.1, 0.15) is 5.75 Å². The molecule has 4 heteroatoms. The van der Waals surface area contributed by atoms with Gasteiger partial charge in [-0.3, -0.25) is 0 Å². The molecule has 1 saturated carbocycles. The van der Waals surface area contributed by atoms with Crippen LogP contribution < -0.4 is 15.8 Å². The molecular weight excluding hydrogens is 312 g/mol. The lowest BCUT2D eigenvalue weighted by atomic mass is 9.82. The lowest BCUT2D eigenvalue weighted by Gasteiger charge is -2.34. The fraction of sp³-hybridized carbons (Fsp3) is 0.714. The Morgan fingerprint density at radius 2 is 1.96 bits per heavy atom. The minimum absolute atomic E-state index is 0.242. The Labute approximate surface area is 152 Å². The Kier molecular flexibility index (Phi) is 6.74. The zero-order valence-electron chi connectivity index (χ0n) is 15.8. The molecule has 0 aromatic heterocycles. The number of hydrogen-bond donors (Lipinski definition) is 2. The highest BCUT2D eigenvalue weighted by molar-refractivity contribution is 5.39. The SMILES string of the molecule is CCOc1ccc(C)cc1C1CCC(OCC2NCCCC2N)CC1. The second-order valence-corrected chi connectivity index (χ2v) is 7.65. The summed E-state index contributed by atoms with van der Waals surface area (Å²) < 4.78 is 12.1. The van der Waals surface area contributed by atoms with Gasteiger partial charge >= 0.3 is 0 Å². The second-order valence-electron chi connectivity index (χ2n) is 7.65. The summed E-state index contributed by atoms with van der Waals surface area (Å²) >= 11 is 0. The molecule has 3 rings (SSSR count). The third-order valence-electron chi connectivity index (χ3n) is 5.73. The van der Waals surface area contributed by atoms with Gasteiger partial charge in [0.2, 0.25) is 0 Å². The predicted octanol–water partition coefficient (Wildman–Crippen LogP) is 3.52. The summed E-state index contributed by atoms with van der Waals surface area (Å²) in [4.78, 5) is 0. The third kappa shape index (κ3) is 4.96. The first kappa shape index (κ1) is 18.7. The summed E-state index contributed by atoms with van der Waals surface area (Å²) in [5.74, 6) is 1.66. The molecule has 140 valence electrons. The van der Waals surface area contributed by atoms with Crippen LogP contribution in [-0.2, 0) is 4.74 Å². The first-order valence-electron chi connectivity index (χ1n) is 10.0. The van der Waals surface area contributed by atoms with Crippen molar-refractivity contribution < 1.29 is 9.47 Å². The van der Waals surface area contributed by atoms with E-state index in [1.807, 2.05) is 0 Å². The molecule has 1 aromatic carbocycles. The molecule has 1 aliphatic carbocycles. The van der Waals surface area contributed by atoms with Crippen LogP contribution in [0.4, 0.5) is 0 Å². The minimum Gasteiger partial charge on any atom is -0.494 e. The van der Waals surface area contributed by atoms with Crippen molar-refractivity contribution in [2.75, 3.05) is 19.8 Å². The van der Waals surface area contributed by atoms with Gasteiger partial charge in [0.15, 0.2) is 0 Å². The Balaban J connectivity index is 1.51. The predicted molar refractivity (Wildman–Crippen MR) is 102 cm³/mol. The van der Waals surface area contributed by atoms with Gasteiger partial charge in [0, 0.05) is 12.1 Å². The average Bonchev–Trinajstić information content (AvgIpc) is 2.63. The van der Waals surface area contributed by atoms with Gasteiger partial charge in [-0.05, 0) is 76.5 Å². The first-order chi connectivity index (χ1) is 12.2. The van der Waals surface area contributed by atoms with Crippen molar-refractivity contribution in [2.45, 2.75) is 76.5 Å².